The van der Waals surface area contributed by atoms with Gasteiger partial charge < -0.3 is 4.42 Å². The van der Waals surface area contributed by atoms with Crippen LogP contribution in [0.1, 0.15) is 30.6 Å². The second kappa shape index (κ2) is 12.3. The molecule has 0 bridgehead atoms. The zero-order valence-electron chi connectivity index (χ0n) is 28.6. The average Bonchev–Trinajstić information content (AvgIpc) is 3.60. The van der Waals surface area contributed by atoms with Crippen molar-refractivity contribution in [2.24, 2.45) is 0 Å². The summed E-state index contributed by atoms with van der Waals surface area (Å²) in [5.74, 6) is 3.06. The quantitative estimate of drug-likeness (QED) is 0.183. The molecule has 2 aromatic heterocycles. The molecule has 0 unspecified atom stereocenters. The smallest absolute Gasteiger partial charge is 0.165 e. The van der Waals surface area contributed by atoms with Gasteiger partial charge in [0.1, 0.15) is 11.3 Å². The fourth-order valence-electron chi connectivity index (χ4n) is 7.86. The van der Waals surface area contributed by atoms with Crippen molar-refractivity contribution in [1.29, 1.82) is 0 Å². The van der Waals surface area contributed by atoms with Gasteiger partial charge in [0.2, 0.25) is 0 Å². The number of rotatable bonds is 5. The molecular formula is C48H33N3O. The molecule has 9 aromatic rings. The van der Waals surface area contributed by atoms with Gasteiger partial charge in [-0.25, -0.2) is 15.0 Å². The van der Waals surface area contributed by atoms with Crippen LogP contribution in [0.15, 0.2) is 162 Å². The Hall–Kier alpha value is -6.65. The molecule has 1 aliphatic carbocycles. The van der Waals surface area contributed by atoms with Crippen LogP contribution in [0.25, 0.3) is 95.0 Å². The van der Waals surface area contributed by atoms with Gasteiger partial charge in [-0.05, 0) is 80.4 Å². The number of fused-ring (bicyclic) bond motifs is 5. The average molecular weight is 668 g/mol. The largest absolute Gasteiger partial charge is 0.456 e. The molecule has 0 saturated carbocycles. The molecule has 0 spiro atoms. The fourth-order valence-corrected chi connectivity index (χ4v) is 7.86. The predicted molar refractivity (Wildman–Crippen MR) is 214 cm³/mol. The van der Waals surface area contributed by atoms with Gasteiger partial charge in [-0.1, -0.05) is 146 Å². The minimum atomic E-state index is 0.267. The van der Waals surface area contributed by atoms with Crippen LogP contribution < -0.4 is 0 Å². The molecular weight excluding hydrogens is 635 g/mol. The predicted octanol–water partition coefficient (Wildman–Crippen LogP) is 12.8. The van der Waals surface area contributed by atoms with E-state index >= 15 is 0 Å². The van der Waals surface area contributed by atoms with E-state index in [2.05, 4.69) is 153 Å². The lowest BCUT2D eigenvalue weighted by molar-refractivity contribution is 0.586. The number of hydrogen-bond donors (Lipinski definition) is 0. The van der Waals surface area contributed by atoms with E-state index in [0.717, 1.165) is 56.4 Å². The lowest BCUT2D eigenvalue weighted by Gasteiger charge is -2.18. The Morgan fingerprint density at radius 1 is 0.519 bits per heavy atom. The Labute approximate surface area is 301 Å². The number of allylic oxidation sites excluding steroid dienone is 1. The van der Waals surface area contributed by atoms with E-state index < -0.39 is 0 Å². The lowest BCUT2D eigenvalue weighted by Crippen LogP contribution is -2.03. The van der Waals surface area contributed by atoms with Crippen molar-refractivity contribution in [3.8, 4) is 56.4 Å². The summed E-state index contributed by atoms with van der Waals surface area (Å²) in [6.45, 7) is 2.28. The molecule has 52 heavy (non-hydrogen) atoms. The first-order valence-corrected chi connectivity index (χ1v) is 17.8. The van der Waals surface area contributed by atoms with Gasteiger partial charge in [0, 0.05) is 27.6 Å². The van der Waals surface area contributed by atoms with Crippen LogP contribution in [0, 0.1) is 0 Å². The zero-order valence-corrected chi connectivity index (χ0v) is 28.6. The zero-order chi connectivity index (χ0) is 34.6. The van der Waals surface area contributed by atoms with E-state index in [1.165, 1.54) is 32.8 Å². The van der Waals surface area contributed by atoms with Crippen molar-refractivity contribution in [2.75, 3.05) is 0 Å². The second-order valence-corrected chi connectivity index (χ2v) is 13.6. The van der Waals surface area contributed by atoms with Crippen LogP contribution in [-0.2, 0) is 0 Å². The van der Waals surface area contributed by atoms with E-state index in [4.69, 9.17) is 19.4 Å². The third kappa shape index (κ3) is 5.03. The van der Waals surface area contributed by atoms with E-state index in [-0.39, 0.29) is 5.92 Å². The monoisotopic (exact) mass is 667 g/mol. The van der Waals surface area contributed by atoms with Crippen molar-refractivity contribution in [3.05, 3.63) is 169 Å². The number of benzene rings is 7. The summed E-state index contributed by atoms with van der Waals surface area (Å²) >= 11 is 0. The Morgan fingerprint density at radius 2 is 1.13 bits per heavy atom. The van der Waals surface area contributed by atoms with Gasteiger partial charge in [-0.2, -0.15) is 0 Å². The Morgan fingerprint density at radius 3 is 1.92 bits per heavy atom. The van der Waals surface area contributed by atoms with Crippen molar-refractivity contribution in [3.63, 3.8) is 0 Å². The van der Waals surface area contributed by atoms with Crippen molar-refractivity contribution in [2.45, 2.75) is 19.3 Å². The van der Waals surface area contributed by atoms with Crippen molar-refractivity contribution < 1.29 is 4.42 Å². The summed E-state index contributed by atoms with van der Waals surface area (Å²) in [5, 5.41) is 5.74. The minimum absolute atomic E-state index is 0.267. The number of nitrogens with zero attached hydrogens (tertiary/aromatic N) is 3. The molecule has 7 aromatic carbocycles. The Balaban J connectivity index is 1.30. The fraction of sp³-hybridized carbons (Fsp3) is 0.0625. The number of hydrogen-bond acceptors (Lipinski definition) is 4. The van der Waals surface area contributed by atoms with Crippen LogP contribution >= 0.6 is 0 Å². The van der Waals surface area contributed by atoms with Crippen LogP contribution in [0.2, 0.25) is 0 Å². The first kappa shape index (κ1) is 30.2. The molecule has 0 N–H and O–H groups in total. The van der Waals surface area contributed by atoms with Gasteiger partial charge in [0.25, 0.3) is 0 Å². The molecule has 10 rings (SSSR count). The topological polar surface area (TPSA) is 51.8 Å². The van der Waals surface area contributed by atoms with Gasteiger partial charge in [-0.3, -0.25) is 0 Å². The molecule has 0 amide bonds. The molecule has 0 aliphatic heterocycles. The first-order chi connectivity index (χ1) is 25.7. The molecule has 0 radical (unpaired) electrons. The van der Waals surface area contributed by atoms with Crippen LogP contribution in [-0.4, -0.2) is 15.0 Å². The molecule has 1 atom stereocenters. The Kier molecular flexibility index (Phi) is 7.14. The molecule has 0 fully saturated rings. The lowest BCUT2D eigenvalue weighted by atomic mass is 9.85. The van der Waals surface area contributed by atoms with Crippen LogP contribution in [0.3, 0.4) is 0 Å². The first-order valence-electron chi connectivity index (χ1n) is 17.8. The standard InChI is InChI=1S/C48H33N3O/c1-30-13-12-22-41-43(30)45-42(52-41)28-27-40(39-26-25-36(32-15-4-2-5-16-32)37-20-10-11-21-38(37)39)44(45)48-50-46(33-17-6-3-7-18-33)49-47(51-48)35-24-23-31-14-8-9-19-34(31)29-35/h2-12,14-30H,13H2,1H3/t30-/m0/s1. The summed E-state index contributed by atoms with van der Waals surface area (Å²) in [5.41, 5.74) is 9.45. The van der Waals surface area contributed by atoms with Crippen molar-refractivity contribution in [1.82, 2.24) is 15.0 Å². The molecule has 1 aliphatic rings. The maximum atomic E-state index is 6.60. The number of furan rings is 1. The summed E-state index contributed by atoms with van der Waals surface area (Å²) in [4.78, 5) is 15.8. The van der Waals surface area contributed by atoms with Gasteiger partial charge in [0.05, 0.1) is 0 Å². The highest BCUT2D eigenvalue weighted by molar-refractivity contribution is 6.11. The molecule has 246 valence electrons. The number of aromatic nitrogens is 3. The van der Waals surface area contributed by atoms with Crippen molar-refractivity contribution >= 4 is 38.6 Å². The highest BCUT2D eigenvalue weighted by Gasteiger charge is 2.28. The minimum Gasteiger partial charge on any atom is -0.456 e. The molecule has 4 nitrogen and oxygen atoms in total. The maximum absolute atomic E-state index is 6.60. The Bertz CT molecular complexity index is 2840. The highest BCUT2D eigenvalue weighted by atomic mass is 16.3. The highest BCUT2D eigenvalue weighted by Crippen LogP contribution is 2.47. The molecule has 2 heterocycles. The summed E-state index contributed by atoms with van der Waals surface area (Å²) in [6, 6.07) is 53.2. The molecule has 4 heteroatoms. The van der Waals surface area contributed by atoms with E-state index in [0.29, 0.717) is 17.5 Å². The summed E-state index contributed by atoms with van der Waals surface area (Å²) < 4.78 is 6.60. The van der Waals surface area contributed by atoms with Crippen LogP contribution in [0.4, 0.5) is 0 Å². The van der Waals surface area contributed by atoms with E-state index in [9.17, 15) is 0 Å². The maximum Gasteiger partial charge on any atom is 0.165 e. The van der Waals surface area contributed by atoms with E-state index in [1.54, 1.807) is 0 Å². The SMILES string of the molecule is C[C@H]1CC=Cc2oc3ccc(-c4ccc(-c5ccccc5)c5ccccc45)c(-c4nc(-c5ccccc5)nc(-c5ccc6ccccc6c5)n4)c3c21. The molecule has 0 saturated heterocycles. The normalized spacial score (nSPS) is 13.9. The van der Waals surface area contributed by atoms with E-state index in [1.807, 2.05) is 18.2 Å². The summed E-state index contributed by atoms with van der Waals surface area (Å²) in [6.07, 6.45) is 5.26. The van der Waals surface area contributed by atoms with Gasteiger partial charge >= 0.3 is 0 Å². The van der Waals surface area contributed by atoms with Gasteiger partial charge in [0.15, 0.2) is 17.5 Å². The third-order valence-corrected chi connectivity index (χ3v) is 10.4. The third-order valence-electron chi connectivity index (χ3n) is 10.4. The van der Waals surface area contributed by atoms with Gasteiger partial charge in [-0.15, -0.1) is 0 Å². The van der Waals surface area contributed by atoms with Crippen LogP contribution in [0.5, 0.6) is 0 Å². The second-order valence-electron chi connectivity index (χ2n) is 13.6. The summed E-state index contributed by atoms with van der Waals surface area (Å²) in [7, 11) is 0.